The minimum atomic E-state index is -0.231. The number of fused-ring (bicyclic) bond motifs is 2. The molecule has 4 rings (SSSR count). The number of carbonyl (C=O) groups is 1. The highest BCUT2D eigenvalue weighted by atomic mass is 16.2. The molecule has 2 heteroatoms. The maximum absolute atomic E-state index is 13.5. The molecule has 3 fully saturated rings. The zero-order valence-corrected chi connectivity index (χ0v) is 18.2. The molecule has 0 aliphatic heterocycles. The fourth-order valence-corrected chi connectivity index (χ4v) is 7.18. The Kier molecular flexibility index (Phi) is 5.35. The molecule has 1 aromatic rings. The molecule has 0 spiro atoms. The number of rotatable bonds is 4. The summed E-state index contributed by atoms with van der Waals surface area (Å²) in [5.41, 5.74) is 1.80. The van der Waals surface area contributed by atoms with Gasteiger partial charge < -0.3 is 5.32 Å². The van der Waals surface area contributed by atoms with Gasteiger partial charge in [-0.15, -0.1) is 0 Å². The van der Waals surface area contributed by atoms with Crippen LogP contribution in [0.15, 0.2) is 30.3 Å². The highest BCUT2D eigenvalue weighted by molar-refractivity contribution is 5.83. The number of carbonyl (C=O) groups excluding carboxylic acids is 1. The van der Waals surface area contributed by atoms with E-state index in [1.165, 1.54) is 63.4 Å². The summed E-state index contributed by atoms with van der Waals surface area (Å²) in [4.78, 5) is 13.5. The molecule has 0 aromatic heterocycles. The highest BCUT2D eigenvalue weighted by Crippen LogP contribution is 2.61. The first-order valence-electron chi connectivity index (χ1n) is 11.7. The lowest BCUT2D eigenvalue weighted by Gasteiger charge is -2.57. The van der Waals surface area contributed by atoms with Gasteiger partial charge in [-0.2, -0.15) is 0 Å². The summed E-state index contributed by atoms with van der Waals surface area (Å²) >= 11 is 0. The van der Waals surface area contributed by atoms with Gasteiger partial charge in [-0.1, -0.05) is 76.8 Å². The lowest BCUT2D eigenvalue weighted by Crippen LogP contribution is -2.55. The van der Waals surface area contributed by atoms with E-state index in [4.69, 9.17) is 0 Å². The second-order valence-corrected chi connectivity index (χ2v) is 11.0. The second kappa shape index (κ2) is 7.50. The van der Waals surface area contributed by atoms with Crippen molar-refractivity contribution in [2.24, 2.45) is 16.7 Å². The van der Waals surface area contributed by atoms with E-state index in [1.54, 1.807) is 0 Å². The van der Waals surface area contributed by atoms with Crippen LogP contribution in [0.5, 0.6) is 0 Å². The minimum absolute atomic E-state index is 0.159. The van der Waals surface area contributed by atoms with Gasteiger partial charge >= 0.3 is 0 Å². The highest BCUT2D eigenvalue weighted by Gasteiger charge is 2.56. The molecule has 0 radical (unpaired) electrons. The van der Waals surface area contributed by atoms with Crippen LogP contribution >= 0.6 is 0 Å². The molecule has 1 N–H and O–H groups in total. The molecule has 3 unspecified atom stereocenters. The summed E-state index contributed by atoms with van der Waals surface area (Å²) in [6, 6.07) is 11.5. The van der Waals surface area contributed by atoms with Crippen LogP contribution in [0.3, 0.4) is 0 Å². The average Bonchev–Trinajstić information content (AvgIpc) is 2.68. The van der Waals surface area contributed by atoms with Crippen molar-refractivity contribution in [3.8, 4) is 0 Å². The molecule has 1 amide bonds. The van der Waals surface area contributed by atoms with Crippen LogP contribution in [0.2, 0.25) is 0 Å². The van der Waals surface area contributed by atoms with E-state index in [0.29, 0.717) is 23.3 Å². The van der Waals surface area contributed by atoms with Crippen molar-refractivity contribution in [3.05, 3.63) is 35.9 Å². The van der Waals surface area contributed by atoms with Gasteiger partial charge in [0.1, 0.15) is 0 Å². The zero-order chi connectivity index (χ0) is 19.8. The summed E-state index contributed by atoms with van der Waals surface area (Å²) < 4.78 is 0. The lowest BCUT2D eigenvalue weighted by molar-refractivity contribution is -0.139. The van der Waals surface area contributed by atoms with Gasteiger partial charge in [-0.05, 0) is 67.3 Å². The van der Waals surface area contributed by atoms with Gasteiger partial charge in [-0.25, -0.2) is 0 Å². The molecule has 3 aliphatic carbocycles. The van der Waals surface area contributed by atoms with E-state index in [1.807, 2.05) is 0 Å². The van der Waals surface area contributed by atoms with E-state index in [0.717, 1.165) is 12.8 Å². The van der Waals surface area contributed by atoms with Crippen molar-refractivity contribution in [3.63, 3.8) is 0 Å². The van der Waals surface area contributed by atoms with Crippen molar-refractivity contribution in [2.45, 2.75) is 103 Å². The van der Waals surface area contributed by atoms with Gasteiger partial charge in [0.2, 0.25) is 5.91 Å². The molecule has 154 valence electrons. The summed E-state index contributed by atoms with van der Waals surface area (Å²) in [5, 5.41) is 3.48. The normalized spacial score (nSPS) is 38.8. The molecule has 3 aliphatic rings. The van der Waals surface area contributed by atoms with E-state index >= 15 is 0 Å². The Balaban J connectivity index is 1.62. The predicted octanol–water partition coefficient (Wildman–Crippen LogP) is 6.39. The van der Waals surface area contributed by atoms with Crippen LogP contribution in [0, 0.1) is 16.7 Å². The third kappa shape index (κ3) is 3.76. The third-order valence-electron chi connectivity index (χ3n) is 8.42. The number of hydrogen-bond donors (Lipinski definition) is 1. The predicted molar refractivity (Wildman–Crippen MR) is 116 cm³/mol. The fourth-order valence-electron chi connectivity index (χ4n) is 7.18. The molecule has 2 nitrogen and oxygen atoms in total. The zero-order valence-electron chi connectivity index (χ0n) is 18.2. The van der Waals surface area contributed by atoms with Crippen molar-refractivity contribution in [1.82, 2.24) is 5.32 Å². The molecule has 1 aromatic carbocycles. The molecular formula is C26H39NO. The number of hydrogen-bond acceptors (Lipinski definition) is 1. The van der Waals surface area contributed by atoms with Crippen LogP contribution in [0.4, 0.5) is 0 Å². The molecule has 3 saturated carbocycles. The Bertz CT molecular complexity index is 694. The standard InChI is InChI=1S/C26H39NO/c1-4-24(2)15-20-16-25(3,23(28)27-22-13-9-6-10-14-22)19-26(17-20,18-24)21-11-7-5-8-12-21/h5,7-8,11-12,20,22H,4,6,9-10,13-19H2,1-3H3,(H,27,28)/t20?,24-,25?,26?/m0/s1. The van der Waals surface area contributed by atoms with Gasteiger partial charge in [0.25, 0.3) is 0 Å². The number of amides is 1. The summed E-state index contributed by atoms with van der Waals surface area (Å²) in [6.45, 7) is 7.11. The van der Waals surface area contributed by atoms with Crippen molar-refractivity contribution in [1.29, 1.82) is 0 Å². The topological polar surface area (TPSA) is 29.1 Å². The average molecular weight is 382 g/mol. The van der Waals surface area contributed by atoms with Gasteiger partial charge in [-0.3, -0.25) is 4.79 Å². The van der Waals surface area contributed by atoms with Gasteiger partial charge in [0, 0.05) is 11.5 Å². The Labute approximate surface area is 171 Å². The minimum Gasteiger partial charge on any atom is -0.353 e. The molecular weight excluding hydrogens is 342 g/mol. The van der Waals surface area contributed by atoms with E-state index in [9.17, 15) is 4.79 Å². The van der Waals surface area contributed by atoms with Crippen LogP contribution < -0.4 is 5.32 Å². The maximum atomic E-state index is 13.5. The lowest BCUT2D eigenvalue weighted by atomic mass is 9.47. The fraction of sp³-hybridized carbons (Fsp3) is 0.731. The van der Waals surface area contributed by atoms with Gasteiger partial charge in [0.05, 0.1) is 0 Å². The SMILES string of the molecule is CC[C@@]1(C)CC2CC(C)(C(=O)NC3CCCCC3)CC(c3ccccc3)(C2)C1. The third-order valence-corrected chi connectivity index (χ3v) is 8.42. The van der Waals surface area contributed by atoms with E-state index in [2.05, 4.69) is 56.4 Å². The first-order chi connectivity index (χ1) is 13.4. The number of nitrogens with one attached hydrogen (secondary N) is 1. The molecule has 2 bridgehead atoms. The van der Waals surface area contributed by atoms with E-state index in [-0.39, 0.29) is 10.8 Å². The Morgan fingerprint density at radius 2 is 1.71 bits per heavy atom. The first-order valence-corrected chi connectivity index (χ1v) is 11.7. The molecule has 4 atom stereocenters. The monoisotopic (exact) mass is 381 g/mol. The van der Waals surface area contributed by atoms with Crippen molar-refractivity contribution < 1.29 is 4.79 Å². The van der Waals surface area contributed by atoms with Crippen LogP contribution in [-0.2, 0) is 10.2 Å². The van der Waals surface area contributed by atoms with Gasteiger partial charge in [0.15, 0.2) is 0 Å². The Morgan fingerprint density at radius 1 is 1.00 bits per heavy atom. The quantitative estimate of drug-likeness (QED) is 0.643. The van der Waals surface area contributed by atoms with E-state index < -0.39 is 0 Å². The first kappa shape index (κ1) is 20.0. The molecule has 0 heterocycles. The smallest absolute Gasteiger partial charge is 0.226 e. The van der Waals surface area contributed by atoms with Crippen molar-refractivity contribution in [2.75, 3.05) is 0 Å². The van der Waals surface area contributed by atoms with Crippen LogP contribution in [0.1, 0.15) is 97.0 Å². The maximum Gasteiger partial charge on any atom is 0.226 e. The summed E-state index contributed by atoms with van der Waals surface area (Å²) in [6.07, 6.45) is 13.3. The number of benzene rings is 1. The van der Waals surface area contributed by atoms with Crippen LogP contribution in [0.25, 0.3) is 0 Å². The van der Waals surface area contributed by atoms with Crippen LogP contribution in [-0.4, -0.2) is 11.9 Å². The summed E-state index contributed by atoms with van der Waals surface area (Å²) in [7, 11) is 0. The Morgan fingerprint density at radius 3 is 2.39 bits per heavy atom. The summed E-state index contributed by atoms with van der Waals surface area (Å²) in [5.74, 6) is 0.999. The molecule has 28 heavy (non-hydrogen) atoms. The van der Waals surface area contributed by atoms with Crippen molar-refractivity contribution >= 4 is 5.91 Å². The molecule has 0 saturated heterocycles. The largest absolute Gasteiger partial charge is 0.353 e. The Hall–Kier alpha value is -1.31. The second-order valence-electron chi connectivity index (χ2n) is 11.0.